The molecule has 0 saturated carbocycles. The number of rotatable bonds is 8. The van der Waals surface area contributed by atoms with Crippen molar-refractivity contribution in [3.8, 4) is 0 Å². The van der Waals surface area contributed by atoms with Crippen LogP contribution in [-0.2, 0) is 0 Å². The molecule has 0 bridgehead atoms. The van der Waals surface area contributed by atoms with E-state index in [0.29, 0.717) is 40.3 Å². The topological polar surface area (TPSA) is 0 Å². The highest BCUT2D eigenvalue weighted by Crippen LogP contribution is 3.10. The molecule has 6 fully saturated rings. The smallest absolute Gasteiger partial charge is 0.0374 e. The first-order valence-corrected chi connectivity index (χ1v) is 87.0. The molecule has 0 aliphatic carbocycles. The molecule has 6 heterocycles. The minimum atomic E-state index is -1.91. The molecule has 6 aliphatic rings. The van der Waals surface area contributed by atoms with E-state index in [-0.39, 0.29) is 0 Å². The van der Waals surface area contributed by atoms with Crippen LogP contribution < -0.4 is 0 Å². The van der Waals surface area contributed by atoms with Crippen LogP contribution in [0.3, 0.4) is 0 Å². The van der Waals surface area contributed by atoms with E-state index < -0.39 is 110 Å². The molecule has 6 rings (SSSR count). The van der Waals surface area contributed by atoms with Gasteiger partial charge in [-0.25, -0.2) is 0 Å². The van der Waals surface area contributed by atoms with Crippen LogP contribution in [0, 0.1) is 0 Å². The molecule has 0 aromatic heterocycles. The van der Waals surface area contributed by atoms with E-state index >= 15 is 0 Å². The maximum absolute atomic E-state index is 3.43. The standard InChI is InChI=1S/C48H120Si16/c1-41(2,3)49(25,26)57-58(50(27,28)42(4,5)6)61(57,53(33,34)45(13,14)15)62(54(35,36)46(16,17)18)59(51(29,30)43(7,8)9)60(62,52(31,32)44(10,11)12)64(58,56(39,40)48(22,23)24)63(57,59)55(37,38)47(19,20)21/h1-40H3. The van der Waals surface area contributed by atoms with E-state index in [1.807, 2.05) is 0 Å². The lowest BCUT2D eigenvalue weighted by atomic mass is 10.2. The van der Waals surface area contributed by atoms with Gasteiger partial charge in [-0.3, -0.25) is 0 Å². The van der Waals surface area contributed by atoms with Gasteiger partial charge in [0.2, 0.25) is 0 Å². The third-order valence-electron chi connectivity index (χ3n) is 29.1. The molecule has 0 nitrogen and oxygen atoms in total. The zero-order chi connectivity index (χ0) is 52.0. The van der Waals surface area contributed by atoms with E-state index in [1.54, 1.807) is 0 Å². The van der Waals surface area contributed by atoms with Crippen LogP contribution in [0.1, 0.15) is 166 Å². The summed E-state index contributed by atoms with van der Waals surface area (Å²) in [5.41, 5.74) is 0. The predicted octanol–water partition coefficient (Wildman–Crippen LogP) is 17.3. The molecule has 0 radical (unpaired) electrons. The third kappa shape index (κ3) is 4.30. The van der Waals surface area contributed by atoms with Gasteiger partial charge in [0, 0.05) is 110 Å². The zero-order valence-corrected chi connectivity index (χ0v) is 68.0. The minimum Gasteiger partial charge on any atom is -0.0715 e. The van der Waals surface area contributed by atoms with Crippen molar-refractivity contribution in [2.45, 2.75) is 311 Å². The van der Waals surface area contributed by atoms with E-state index in [1.165, 1.54) is 0 Å². The van der Waals surface area contributed by atoms with Crippen molar-refractivity contribution >= 4 is 110 Å². The van der Waals surface area contributed by atoms with E-state index in [0.717, 1.165) is 0 Å². The molecule has 16 heteroatoms. The van der Waals surface area contributed by atoms with Crippen LogP contribution in [0.15, 0.2) is 0 Å². The molecule has 6 aliphatic heterocycles. The maximum Gasteiger partial charge on any atom is 0.0374 e. The van der Waals surface area contributed by atoms with E-state index in [4.69, 9.17) is 0 Å². The van der Waals surface area contributed by atoms with Crippen LogP contribution in [0.5, 0.6) is 0 Å². The average Bonchev–Trinajstić information content (AvgIpc) is 3.69. The zero-order valence-electron chi connectivity index (χ0n) is 52.0. The van der Waals surface area contributed by atoms with Gasteiger partial charge in [0.05, 0.1) is 0 Å². The summed E-state index contributed by atoms with van der Waals surface area (Å²) in [6.07, 6.45) is -15.0. The summed E-state index contributed by atoms with van der Waals surface area (Å²) < 4.78 is 0. The van der Waals surface area contributed by atoms with Crippen molar-refractivity contribution in [2.75, 3.05) is 0 Å². The Bertz CT molecular complexity index is 1690. The molecule has 0 atom stereocenters. The quantitative estimate of drug-likeness (QED) is 0.213. The Hall–Kier alpha value is 3.47. The van der Waals surface area contributed by atoms with Crippen LogP contribution in [0.25, 0.3) is 0 Å². The molecular weight excluding hydrogens is 1030 g/mol. The van der Waals surface area contributed by atoms with Crippen molar-refractivity contribution in [1.82, 2.24) is 0 Å². The van der Waals surface area contributed by atoms with Crippen molar-refractivity contribution in [1.29, 1.82) is 0 Å². The summed E-state index contributed by atoms with van der Waals surface area (Å²) in [6, 6.07) is 0. The first-order chi connectivity index (χ1) is 27.0. The molecule has 0 spiro atoms. The van der Waals surface area contributed by atoms with Gasteiger partial charge in [-0.2, -0.15) is 0 Å². The van der Waals surface area contributed by atoms with Crippen molar-refractivity contribution < 1.29 is 0 Å². The highest BCUT2D eigenvalue weighted by atomic mass is 31.4. The SMILES string of the molecule is CC(C)(C)[Si](C)(C)[Si]12[Si]3([Si](C)(C)C(C)(C)C)[Si]1([Si](C)(C)C(C)(C)C)[Si]1([Si](C)(C)C(C)(C)C)[Si]4([Si](C)(C)C(C)(C)C)[Si]1([Si](C)(C)C(C)(C)C)[Si]3([Si](C)(C)C(C)(C)C)[Si]24[Si](C)(C)C(C)(C)C. The fraction of sp³-hybridized carbons (Fsp3) is 1.00. The van der Waals surface area contributed by atoms with Crippen LogP contribution in [-0.4, -0.2) is 110 Å². The highest BCUT2D eigenvalue weighted by molar-refractivity contribution is 9.12. The van der Waals surface area contributed by atoms with Crippen molar-refractivity contribution in [3.63, 3.8) is 0 Å². The Labute approximate surface area is 417 Å². The Morgan fingerprint density at radius 2 is 0.188 bits per heavy atom. The first kappa shape index (κ1) is 58.4. The summed E-state index contributed by atoms with van der Waals surface area (Å²) in [5, 5.41) is 4.15. The average molecular weight is 1150 g/mol. The number of hydrogen-bond acceptors (Lipinski definition) is 0. The lowest BCUT2D eigenvalue weighted by Crippen LogP contribution is -3.30. The van der Waals surface area contributed by atoms with Crippen LogP contribution in [0.4, 0.5) is 0 Å². The van der Waals surface area contributed by atoms with Gasteiger partial charge in [-0.15, -0.1) is 0 Å². The van der Waals surface area contributed by atoms with Gasteiger partial charge in [0.1, 0.15) is 0 Å². The van der Waals surface area contributed by atoms with Crippen LogP contribution >= 0.6 is 0 Å². The van der Waals surface area contributed by atoms with E-state index in [2.05, 4.69) is 271 Å². The molecule has 6 saturated heterocycles. The first-order valence-electron chi connectivity index (χ1n) is 27.0. The molecule has 0 N–H and O–H groups in total. The third-order valence-corrected chi connectivity index (χ3v) is 789. The molecule has 0 amide bonds. The lowest BCUT2D eigenvalue weighted by Gasteiger charge is -2.96. The molecule has 376 valence electrons. The van der Waals surface area contributed by atoms with Gasteiger partial charge in [0.25, 0.3) is 0 Å². The van der Waals surface area contributed by atoms with Gasteiger partial charge in [0.15, 0.2) is 0 Å². The van der Waals surface area contributed by atoms with Crippen molar-refractivity contribution in [2.24, 2.45) is 0 Å². The summed E-state index contributed by atoms with van der Waals surface area (Å²) in [7, 11) is -15.1. The molecular formula is C48H120Si16. The second kappa shape index (κ2) is 13.1. The molecule has 0 aromatic rings. The summed E-state index contributed by atoms with van der Waals surface area (Å²) in [6.45, 7) is 127. The van der Waals surface area contributed by atoms with Crippen molar-refractivity contribution in [3.05, 3.63) is 0 Å². The second-order valence-electron chi connectivity index (χ2n) is 37.0. The Morgan fingerprint density at radius 3 is 0.219 bits per heavy atom. The Morgan fingerprint density at radius 1 is 0.141 bits per heavy atom. The largest absolute Gasteiger partial charge is 0.0715 e. The van der Waals surface area contributed by atoms with Crippen LogP contribution in [0.2, 0.25) is 145 Å². The normalized spacial score (nSPS) is 37.9. The molecule has 0 unspecified atom stereocenters. The Kier molecular flexibility index (Phi) is 11.9. The lowest BCUT2D eigenvalue weighted by molar-refractivity contribution is 0.729. The fourth-order valence-electron chi connectivity index (χ4n) is 21.8. The summed E-state index contributed by atoms with van der Waals surface area (Å²) in [5.74, 6) is 0. The second-order valence-corrected chi connectivity index (χ2v) is 261. The molecule has 0 aromatic carbocycles. The van der Waals surface area contributed by atoms with Gasteiger partial charge >= 0.3 is 0 Å². The summed E-state index contributed by atoms with van der Waals surface area (Å²) in [4.78, 5) is 0. The minimum absolute atomic E-state index is 0.517. The van der Waals surface area contributed by atoms with Gasteiger partial charge in [-0.05, 0) is 40.3 Å². The van der Waals surface area contributed by atoms with Gasteiger partial charge < -0.3 is 0 Å². The number of hydrogen-bond donors (Lipinski definition) is 0. The predicted molar refractivity (Wildman–Crippen MR) is 344 cm³/mol. The van der Waals surface area contributed by atoms with E-state index in [9.17, 15) is 0 Å². The van der Waals surface area contributed by atoms with Gasteiger partial charge in [-0.1, -0.05) is 271 Å². The maximum atomic E-state index is 3.43. The molecule has 64 heavy (non-hydrogen) atoms. The summed E-state index contributed by atoms with van der Waals surface area (Å²) >= 11 is 0. The Balaban J connectivity index is 2.67. The monoisotopic (exact) mass is 1140 g/mol. The fourth-order valence-corrected chi connectivity index (χ4v) is 2490. The highest BCUT2D eigenvalue weighted by Gasteiger charge is 3.44.